The lowest BCUT2D eigenvalue weighted by Gasteiger charge is -2.27. The van der Waals surface area contributed by atoms with Gasteiger partial charge in [-0.1, -0.05) is 30.3 Å². The average Bonchev–Trinajstić information content (AvgIpc) is 2.77. The number of hydrogen-bond donors (Lipinski definition) is 2. The molecule has 0 spiro atoms. The van der Waals surface area contributed by atoms with Crippen LogP contribution in [-0.2, 0) is 4.74 Å². The SMILES string of the molecule is Cc1ccccc1NC(=O)Nc1ccc(-c2ccc(N3CCOCC3)nn2)cc1. The molecule has 0 radical (unpaired) electrons. The third-order valence-electron chi connectivity index (χ3n) is 4.82. The minimum absolute atomic E-state index is 0.276. The van der Waals surface area contributed by atoms with Crippen LogP contribution in [0, 0.1) is 6.92 Å². The molecule has 2 heterocycles. The smallest absolute Gasteiger partial charge is 0.323 e. The Morgan fingerprint density at radius 1 is 0.931 bits per heavy atom. The lowest BCUT2D eigenvalue weighted by molar-refractivity contribution is 0.122. The zero-order valence-corrected chi connectivity index (χ0v) is 16.3. The normalized spacial score (nSPS) is 13.8. The number of hydrogen-bond acceptors (Lipinski definition) is 5. The number of carbonyl (C=O) groups excluding carboxylic acids is 1. The molecule has 0 atom stereocenters. The molecule has 7 nitrogen and oxygen atoms in total. The van der Waals surface area contributed by atoms with Crippen molar-refractivity contribution in [3.8, 4) is 11.3 Å². The van der Waals surface area contributed by atoms with E-state index in [1.807, 2.05) is 67.6 Å². The van der Waals surface area contributed by atoms with Crippen LogP contribution >= 0.6 is 0 Å². The highest BCUT2D eigenvalue weighted by Gasteiger charge is 2.13. The summed E-state index contributed by atoms with van der Waals surface area (Å²) in [6, 6.07) is 18.9. The molecule has 1 aromatic heterocycles. The molecule has 29 heavy (non-hydrogen) atoms. The van der Waals surface area contributed by atoms with Crippen molar-refractivity contribution >= 4 is 23.2 Å². The molecule has 0 saturated carbocycles. The third-order valence-corrected chi connectivity index (χ3v) is 4.82. The molecule has 2 aromatic carbocycles. The van der Waals surface area contributed by atoms with Crippen LogP contribution < -0.4 is 15.5 Å². The molecular formula is C22H23N5O2. The summed E-state index contributed by atoms with van der Waals surface area (Å²) in [7, 11) is 0. The number of carbonyl (C=O) groups is 1. The molecule has 0 aliphatic carbocycles. The number of aromatic nitrogens is 2. The molecule has 1 aliphatic rings. The van der Waals surface area contributed by atoms with Crippen molar-refractivity contribution in [2.24, 2.45) is 0 Å². The Kier molecular flexibility index (Phi) is 5.67. The first-order valence-electron chi connectivity index (χ1n) is 9.59. The quantitative estimate of drug-likeness (QED) is 0.707. The first kappa shape index (κ1) is 18.9. The number of aryl methyl sites for hydroxylation is 1. The molecule has 7 heteroatoms. The lowest BCUT2D eigenvalue weighted by atomic mass is 10.1. The van der Waals surface area contributed by atoms with Crippen molar-refractivity contribution in [2.45, 2.75) is 6.92 Å². The van der Waals surface area contributed by atoms with E-state index in [1.165, 1.54) is 0 Å². The number of nitrogens with one attached hydrogen (secondary N) is 2. The Labute approximate surface area is 169 Å². The number of anilines is 3. The molecule has 0 bridgehead atoms. The van der Waals surface area contributed by atoms with Gasteiger partial charge in [-0.2, -0.15) is 0 Å². The summed E-state index contributed by atoms with van der Waals surface area (Å²) in [5, 5.41) is 14.4. The van der Waals surface area contributed by atoms with E-state index in [-0.39, 0.29) is 6.03 Å². The van der Waals surface area contributed by atoms with E-state index in [0.29, 0.717) is 5.69 Å². The molecule has 1 aliphatic heterocycles. The van der Waals surface area contributed by atoms with Crippen LogP contribution in [0.15, 0.2) is 60.7 Å². The summed E-state index contributed by atoms with van der Waals surface area (Å²) in [6.45, 7) is 5.05. The minimum atomic E-state index is -0.276. The number of amides is 2. The fraction of sp³-hybridized carbons (Fsp3) is 0.227. The van der Waals surface area contributed by atoms with Gasteiger partial charge in [0.1, 0.15) is 0 Å². The summed E-state index contributed by atoms with van der Waals surface area (Å²) in [5.74, 6) is 0.864. The van der Waals surface area contributed by atoms with E-state index in [0.717, 1.165) is 54.6 Å². The minimum Gasteiger partial charge on any atom is -0.378 e. The summed E-state index contributed by atoms with van der Waals surface area (Å²) in [6.07, 6.45) is 0. The van der Waals surface area contributed by atoms with Gasteiger partial charge < -0.3 is 20.3 Å². The molecule has 0 unspecified atom stereocenters. The number of para-hydroxylation sites is 1. The van der Waals surface area contributed by atoms with Gasteiger partial charge >= 0.3 is 6.03 Å². The molecule has 1 saturated heterocycles. The van der Waals surface area contributed by atoms with Crippen molar-refractivity contribution in [1.29, 1.82) is 0 Å². The first-order valence-corrected chi connectivity index (χ1v) is 9.59. The van der Waals surface area contributed by atoms with Gasteiger partial charge in [0.15, 0.2) is 5.82 Å². The van der Waals surface area contributed by atoms with Crippen molar-refractivity contribution in [3.63, 3.8) is 0 Å². The Bertz CT molecular complexity index is 967. The number of ether oxygens (including phenoxy) is 1. The molecule has 2 amide bonds. The van der Waals surface area contributed by atoms with E-state index in [4.69, 9.17) is 4.74 Å². The number of urea groups is 1. The van der Waals surface area contributed by atoms with Crippen molar-refractivity contribution in [1.82, 2.24) is 10.2 Å². The van der Waals surface area contributed by atoms with E-state index in [2.05, 4.69) is 25.7 Å². The van der Waals surface area contributed by atoms with E-state index in [1.54, 1.807) is 0 Å². The lowest BCUT2D eigenvalue weighted by Crippen LogP contribution is -2.36. The number of morpholine rings is 1. The fourth-order valence-corrected chi connectivity index (χ4v) is 3.16. The van der Waals surface area contributed by atoms with Gasteiger partial charge in [-0.15, -0.1) is 10.2 Å². The van der Waals surface area contributed by atoms with Gasteiger partial charge in [0, 0.05) is 30.0 Å². The van der Waals surface area contributed by atoms with Gasteiger partial charge in [-0.25, -0.2) is 4.79 Å². The highest BCUT2D eigenvalue weighted by Crippen LogP contribution is 2.21. The topological polar surface area (TPSA) is 79.4 Å². The van der Waals surface area contributed by atoms with Crippen molar-refractivity contribution in [3.05, 3.63) is 66.2 Å². The second-order valence-corrected chi connectivity index (χ2v) is 6.85. The second-order valence-electron chi connectivity index (χ2n) is 6.85. The van der Waals surface area contributed by atoms with Crippen LogP contribution in [0.3, 0.4) is 0 Å². The number of benzene rings is 2. The highest BCUT2D eigenvalue weighted by molar-refractivity contribution is 6.00. The molecular weight excluding hydrogens is 366 g/mol. The Hall–Kier alpha value is -3.45. The summed E-state index contributed by atoms with van der Waals surface area (Å²) in [4.78, 5) is 14.4. The predicted molar refractivity (Wildman–Crippen MR) is 114 cm³/mol. The van der Waals surface area contributed by atoms with Crippen molar-refractivity contribution < 1.29 is 9.53 Å². The fourth-order valence-electron chi connectivity index (χ4n) is 3.16. The monoisotopic (exact) mass is 389 g/mol. The van der Waals surface area contributed by atoms with Gasteiger partial charge in [-0.3, -0.25) is 0 Å². The maximum absolute atomic E-state index is 12.2. The number of rotatable bonds is 4. The number of nitrogens with zero attached hydrogens (tertiary/aromatic N) is 3. The van der Waals surface area contributed by atoms with Crippen LogP contribution in [0.25, 0.3) is 11.3 Å². The average molecular weight is 389 g/mol. The van der Waals surface area contributed by atoms with Crippen LogP contribution in [0.1, 0.15) is 5.56 Å². The Morgan fingerprint density at radius 2 is 1.69 bits per heavy atom. The largest absolute Gasteiger partial charge is 0.378 e. The molecule has 3 aromatic rings. The second kappa shape index (κ2) is 8.70. The summed E-state index contributed by atoms with van der Waals surface area (Å²) < 4.78 is 5.37. The summed E-state index contributed by atoms with van der Waals surface area (Å²) in [5.41, 5.74) is 4.24. The van der Waals surface area contributed by atoms with Gasteiger partial charge in [0.2, 0.25) is 0 Å². The maximum atomic E-state index is 12.2. The Morgan fingerprint density at radius 3 is 2.38 bits per heavy atom. The standard InChI is InChI=1S/C22H23N5O2/c1-16-4-2-3-5-19(16)24-22(28)23-18-8-6-17(7-9-18)20-10-11-21(26-25-20)27-12-14-29-15-13-27/h2-11H,12-15H2,1H3,(H2,23,24,28). The van der Waals surface area contributed by atoms with Crippen LogP contribution in [-0.4, -0.2) is 42.5 Å². The molecule has 1 fully saturated rings. The van der Waals surface area contributed by atoms with Crippen molar-refractivity contribution in [2.75, 3.05) is 41.8 Å². The zero-order valence-electron chi connectivity index (χ0n) is 16.3. The van der Waals surface area contributed by atoms with Crippen LogP contribution in [0.4, 0.5) is 22.0 Å². The highest BCUT2D eigenvalue weighted by atomic mass is 16.5. The van der Waals surface area contributed by atoms with Crippen LogP contribution in [0.5, 0.6) is 0 Å². The van der Waals surface area contributed by atoms with Gasteiger partial charge in [0.25, 0.3) is 0 Å². The first-order chi connectivity index (χ1) is 14.2. The van der Waals surface area contributed by atoms with Crippen LogP contribution in [0.2, 0.25) is 0 Å². The van der Waals surface area contributed by atoms with E-state index in [9.17, 15) is 4.79 Å². The van der Waals surface area contributed by atoms with E-state index < -0.39 is 0 Å². The molecule has 4 rings (SSSR count). The van der Waals surface area contributed by atoms with Gasteiger partial charge in [-0.05, 0) is 42.8 Å². The summed E-state index contributed by atoms with van der Waals surface area (Å²) >= 11 is 0. The zero-order chi connectivity index (χ0) is 20.1. The Balaban J connectivity index is 1.38. The molecule has 2 N–H and O–H groups in total. The predicted octanol–water partition coefficient (Wildman–Crippen LogP) is 3.93. The maximum Gasteiger partial charge on any atom is 0.323 e. The van der Waals surface area contributed by atoms with E-state index >= 15 is 0 Å². The third kappa shape index (κ3) is 4.70. The van der Waals surface area contributed by atoms with Gasteiger partial charge in [0.05, 0.1) is 18.9 Å². The molecule has 148 valence electrons.